The van der Waals surface area contributed by atoms with E-state index in [1.165, 1.54) is 276 Å². The SMILES string of the molecule is CCCCCCCCCCCCCCCCCCCCC(=O)OC[C@H](COP(=O)(O)OC[C@@H](O)COP(=O)(O)OC[C@@H](COC(=O)CCCCCCCCCCC(C)CC)OC(=O)CCCCCCCCCCCCCCCCCCC)OC(=O)CCCCCCCCCCCCCCCCCC(C)C. The van der Waals surface area contributed by atoms with E-state index in [0.29, 0.717) is 25.7 Å². The molecule has 19 heteroatoms. The smallest absolute Gasteiger partial charge is 0.462 e. The van der Waals surface area contributed by atoms with Crippen molar-refractivity contribution in [1.82, 2.24) is 0 Å². The maximum absolute atomic E-state index is 13.1. The van der Waals surface area contributed by atoms with E-state index < -0.39 is 97.5 Å². The molecule has 0 saturated carbocycles. The van der Waals surface area contributed by atoms with Crippen molar-refractivity contribution in [2.45, 2.75) is 477 Å². The first-order chi connectivity index (χ1) is 50.9. The number of hydrogen-bond donors (Lipinski definition) is 3. The molecule has 17 nitrogen and oxygen atoms in total. The van der Waals surface area contributed by atoms with E-state index in [-0.39, 0.29) is 25.7 Å². The van der Waals surface area contributed by atoms with Gasteiger partial charge >= 0.3 is 39.5 Å². The van der Waals surface area contributed by atoms with Gasteiger partial charge in [0.2, 0.25) is 0 Å². The Balaban J connectivity index is 5.26. The van der Waals surface area contributed by atoms with Crippen LogP contribution in [-0.4, -0.2) is 96.7 Å². The van der Waals surface area contributed by atoms with Crippen molar-refractivity contribution in [3.05, 3.63) is 0 Å². The van der Waals surface area contributed by atoms with Gasteiger partial charge in [-0.1, -0.05) is 408 Å². The van der Waals surface area contributed by atoms with Crippen molar-refractivity contribution in [2.75, 3.05) is 39.6 Å². The number of carbonyl (C=O) groups excluding carboxylic acids is 4. The molecule has 0 aromatic heterocycles. The Morgan fingerprint density at radius 1 is 0.276 bits per heavy atom. The third-order valence-corrected chi connectivity index (χ3v) is 22.5. The lowest BCUT2D eigenvalue weighted by molar-refractivity contribution is -0.161. The Bertz CT molecular complexity index is 2010. The van der Waals surface area contributed by atoms with Crippen molar-refractivity contribution >= 4 is 39.5 Å². The van der Waals surface area contributed by atoms with E-state index in [4.69, 9.17) is 37.0 Å². The Hall–Kier alpha value is -1.94. The Labute approximate surface area is 645 Å². The Kier molecular flexibility index (Phi) is 76.0. The van der Waals surface area contributed by atoms with Gasteiger partial charge in [-0.3, -0.25) is 37.3 Å². The number of ether oxygens (including phenoxy) is 4. The summed E-state index contributed by atoms with van der Waals surface area (Å²) < 4.78 is 68.9. The number of rotatable bonds is 85. The molecule has 0 bridgehead atoms. The maximum atomic E-state index is 13.1. The fraction of sp³-hybridized carbons (Fsp3) is 0.953. The van der Waals surface area contributed by atoms with Gasteiger partial charge in [0, 0.05) is 25.7 Å². The number of aliphatic hydroxyl groups excluding tert-OH is 1. The highest BCUT2D eigenvalue weighted by Crippen LogP contribution is 2.45. The lowest BCUT2D eigenvalue weighted by Gasteiger charge is -2.21. The van der Waals surface area contributed by atoms with E-state index in [9.17, 15) is 43.2 Å². The highest BCUT2D eigenvalue weighted by molar-refractivity contribution is 7.47. The van der Waals surface area contributed by atoms with Crippen LogP contribution in [0.15, 0.2) is 0 Å². The Morgan fingerprint density at radius 2 is 0.486 bits per heavy atom. The van der Waals surface area contributed by atoms with Crippen molar-refractivity contribution < 1.29 is 80.2 Å². The zero-order valence-corrected chi connectivity index (χ0v) is 70.8. The van der Waals surface area contributed by atoms with Crippen LogP contribution in [0.25, 0.3) is 0 Å². The molecular weight excluding hydrogens is 1370 g/mol. The van der Waals surface area contributed by atoms with Crippen LogP contribution in [0.2, 0.25) is 0 Å². The molecule has 0 heterocycles. The van der Waals surface area contributed by atoms with Gasteiger partial charge in [-0.25, -0.2) is 9.13 Å². The van der Waals surface area contributed by atoms with E-state index in [1.54, 1.807) is 0 Å². The molecule has 3 N–H and O–H groups in total. The highest BCUT2D eigenvalue weighted by Gasteiger charge is 2.30. The fourth-order valence-electron chi connectivity index (χ4n) is 13.4. The second-order valence-corrected chi connectivity index (χ2v) is 34.6. The topological polar surface area (TPSA) is 237 Å². The summed E-state index contributed by atoms with van der Waals surface area (Å²) >= 11 is 0. The summed E-state index contributed by atoms with van der Waals surface area (Å²) in [6.07, 6.45) is 69.3. The predicted octanol–water partition coefficient (Wildman–Crippen LogP) is 26.2. The Morgan fingerprint density at radius 3 is 0.724 bits per heavy atom. The van der Waals surface area contributed by atoms with Gasteiger partial charge < -0.3 is 33.8 Å². The van der Waals surface area contributed by atoms with Gasteiger partial charge in [0.05, 0.1) is 26.4 Å². The zero-order valence-electron chi connectivity index (χ0n) is 69.0. The van der Waals surface area contributed by atoms with Gasteiger partial charge in [-0.2, -0.15) is 0 Å². The number of aliphatic hydroxyl groups is 1. The van der Waals surface area contributed by atoms with Crippen LogP contribution in [0.4, 0.5) is 0 Å². The van der Waals surface area contributed by atoms with E-state index in [0.717, 1.165) is 102 Å². The molecule has 0 aliphatic carbocycles. The molecule has 0 fully saturated rings. The van der Waals surface area contributed by atoms with Crippen LogP contribution in [0.1, 0.15) is 459 Å². The average Bonchev–Trinajstić information content (AvgIpc) is 0.904. The van der Waals surface area contributed by atoms with Gasteiger partial charge in [-0.05, 0) is 37.5 Å². The third kappa shape index (κ3) is 78.5. The number of phosphoric ester groups is 2. The minimum atomic E-state index is -4.97. The molecule has 0 amide bonds. The van der Waals surface area contributed by atoms with Crippen molar-refractivity contribution in [1.29, 1.82) is 0 Å². The van der Waals surface area contributed by atoms with Gasteiger partial charge in [0.15, 0.2) is 12.2 Å². The molecule has 0 spiro atoms. The van der Waals surface area contributed by atoms with Crippen LogP contribution >= 0.6 is 15.6 Å². The number of hydrogen-bond acceptors (Lipinski definition) is 15. The molecule has 0 saturated heterocycles. The summed E-state index contributed by atoms with van der Waals surface area (Å²) in [7, 11) is -9.93. The summed E-state index contributed by atoms with van der Waals surface area (Å²) in [5.41, 5.74) is 0. The molecule has 624 valence electrons. The van der Waals surface area contributed by atoms with Crippen LogP contribution in [-0.2, 0) is 65.4 Å². The van der Waals surface area contributed by atoms with Gasteiger partial charge in [-0.15, -0.1) is 0 Å². The molecule has 0 aliphatic rings. The molecule has 6 atom stereocenters. The first kappa shape index (κ1) is 103. The lowest BCUT2D eigenvalue weighted by Crippen LogP contribution is -2.30. The predicted molar refractivity (Wildman–Crippen MR) is 432 cm³/mol. The minimum Gasteiger partial charge on any atom is -0.462 e. The van der Waals surface area contributed by atoms with Crippen LogP contribution in [0, 0.1) is 11.8 Å². The highest BCUT2D eigenvalue weighted by atomic mass is 31.2. The van der Waals surface area contributed by atoms with Crippen LogP contribution in [0.5, 0.6) is 0 Å². The summed E-state index contributed by atoms with van der Waals surface area (Å²) in [5, 5.41) is 10.7. The number of esters is 4. The molecule has 105 heavy (non-hydrogen) atoms. The van der Waals surface area contributed by atoms with Gasteiger partial charge in [0.25, 0.3) is 0 Å². The number of unbranched alkanes of at least 4 members (excludes halogenated alkanes) is 54. The molecule has 0 rings (SSSR count). The second kappa shape index (κ2) is 77.4. The summed E-state index contributed by atoms with van der Waals surface area (Å²) in [6.45, 7) is 9.71. The summed E-state index contributed by atoms with van der Waals surface area (Å²) in [5.74, 6) is -0.520. The first-order valence-electron chi connectivity index (χ1n) is 44.5. The van der Waals surface area contributed by atoms with E-state index in [1.807, 2.05) is 0 Å². The lowest BCUT2D eigenvalue weighted by atomic mass is 9.99. The largest absolute Gasteiger partial charge is 0.472 e. The van der Waals surface area contributed by atoms with Crippen molar-refractivity contribution in [3.8, 4) is 0 Å². The molecule has 3 unspecified atom stereocenters. The maximum Gasteiger partial charge on any atom is 0.472 e. The average molecular weight is 1540 g/mol. The zero-order chi connectivity index (χ0) is 77.1. The molecule has 0 radical (unpaired) electrons. The van der Waals surface area contributed by atoms with E-state index >= 15 is 0 Å². The van der Waals surface area contributed by atoms with Crippen molar-refractivity contribution in [2.24, 2.45) is 11.8 Å². The summed E-state index contributed by atoms with van der Waals surface area (Å²) in [4.78, 5) is 73.3. The third-order valence-electron chi connectivity index (χ3n) is 20.6. The minimum absolute atomic E-state index is 0.108. The quantitative estimate of drug-likeness (QED) is 0.0222. The van der Waals surface area contributed by atoms with Crippen LogP contribution < -0.4 is 0 Å². The fourth-order valence-corrected chi connectivity index (χ4v) is 15.0. The number of phosphoric acid groups is 2. The monoisotopic (exact) mass is 1540 g/mol. The second-order valence-electron chi connectivity index (χ2n) is 31.6. The molecule has 0 aliphatic heterocycles. The first-order valence-corrected chi connectivity index (χ1v) is 47.5. The molecule has 0 aromatic carbocycles. The van der Waals surface area contributed by atoms with Gasteiger partial charge in [0.1, 0.15) is 19.3 Å². The normalized spacial score (nSPS) is 14.1. The molecule has 0 aromatic rings. The molecular formula is C86H168O17P2. The summed E-state index contributed by atoms with van der Waals surface area (Å²) in [6, 6.07) is 0. The van der Waals surface area contributed by atoms with E-state index in [2.05, 4.69) is 41.5 Å². The van der Waals surface area contributed by atoms with Crippen molar-refractivity contribution in [3.63, 3.8) is 0 Å². The number of carbonyl (C=O) groups is 4. The van der Waals surface area contributed by atoms with Crippen LogP contribution in [0.3, 0.4) is 0 Å². The standard InChI is InChI=1S/C86H168O17P2/c1-7-10-12-14-16-18-20-22-24-26-28-31-35-39-43-50-56-62-68-83(88)96-74-81(102-85(90)71-65-59-53-45-41-37-33-29-30-34-38-42-48-54-60-66-78(4)5)76-100-104(92,93)98-72-80(87)73-99-105(94,95)101-77-82(75-97-84(89)69-63-57-51-47-46-49-55-61-67-79(6)9-3)103-86(91)70-64-58-52-44-40-36-32-27-25-23-21-19-17-15-13-11-8-2/h78-82,87H,7-77H2,1-6H3,(H,92,93)(H,94,95)/t79?,80-,81-,82-/m1/s1.